The van der Waals surface area contributed by atoms with Crippen molar-refractivity contribution < 1.29 is 19.4 Å². The minimum Gasteiger partial charge on any atom is -0.507 e. The molecule has 0 bridgehead atoms. The number of fused-ring (bicyclic) bond motifs is 1. The summed E-state index contributed by atoms with van der Waals surface area (Å²) in [6.07, 6.45) is 5.31. The Labute approximate surface area is 183 Å². The lowest BCUT2D eigenvalue weighted by Crippen LogP contribution is -2.45. The van der Waals surface area contributed by atoms with E-state index in [0.717, 1.165) is 44.0 Å². The standard InChI is InChI=1S/C25H28N2O4/c1-3-26-13-15-27(16-14-26)17-20-21(28)12-11-19-24(29)23(31-25(19)20)10-6-8-18-7-4-5-9-22(18)30-2/h4-12,28H,3,13-17H2,1-2H3/b8-6+,23-10+. The van der Waals surface area contributed by atoms with Gasteiger partial charge in [0.15, 0.2) is 5.76 Å². The fourth-order valence-corrected chi connectivity index (χ4v) is 3.99. The molecule has 6 heteroatoms. The van der Waals surface area contributed by atoms with Gasteiger partial charge in [-0.3, -0.25) is 9.69 Å². The average molecular weight is 421 g/mol. The predicted molar refractivity (Wildman–Crippen MR) is 121 cm³/mol. The maximum atomic E-state index is 12.8. The number of phenolic OH excluding ortho intramolecular Hbond substituents is 1. The van der Waals surface area contributed by atoms with Crippen molar-refractivity contribution in [1.82, 2.24) is 9.80 Å². The summed E-state index contributed by atoms with van der Waals surface area (Å²) in [4.78, 5) is 17.5. The summed E-state index contributed by atoms with van der Waals surface area (Å²) >= 11 is 0. The number of hydrogen-bond acceptors (Lipinski definition) is 6. The molecule has 2 aromatic rings. The van der Waals surface area contributed by atoms with Gasteiger partial charge in [-0.15, -0.1) is 0 Å². The van der Waals surface area contributed by atoms with E-state index in [9.17, 15) is 9.90 Å². The normalized spacial score (nSPS) is 18.5. The number of Topliss-reactive ketones (excluding diaryl/α,β-unsaturated/α-hetero) is 1. The molecule has 1 fully saturated rings. The maximum Gasteiger partial charge on any atom is 0.231 e. The van der Waals surface area contributed by atoms with Crippen molar-refractivity contribution in [2.24, 2.45) is 0 Å². The highest BCUT2D eigenvalue weighted by Gasteiger charge is 2.31. The van der Waals surface area contributed by atoms with Gasteiger partial charge >= 0.3 is 0 Å². The number of hydrogen-bond donors (Lipinski definition) is 1. The zero-order valence-corrected chi connectivity index (χ0v) is 18.0. The number of para-hydroxylation sites is 1. The summed E-state index contributed by atoms with van der Waals surface area (Å²) in [7, 11) is 1.63. The third-order valence-corrected chi connectivity index (χ3v) is 5.87. The molecule has 2 aliphatic rings. The van der Waals surface area contributed by atoms with Gasteiger partial charge in [-0.2, -0.15) is 0 Å². The predicted octanol–water partition coefficient (Wildman–Crippen LogP) is 3.71. The van der Waals surface area contributed by atoms with Crippen molar-refractivity contribution in [3.05, 3.63) is 71.0 Å². The van der Waals surface area contributed by atoms with E-state index in [4.69, 9.17) is 9.47 Å². The molecule has 2 aromatic carbocycles. The Bertz CT molecular complexity index is 1020. The summed E-state index contributed by atoms with van der Waals surface area (Å²) in [6, 6.07) is 10.9. The number of aromatic hydroxyl groups is 1. The molecule has 0 amide bonds. The molecule has 0 spiro atoms. The summed E-state index contributed by atoms with van der Waals surface area (Å²) in [5, 5.41) is 10.5. The Morgan fingerprint density at radius 3 is 2.58 bits per heavy atom. The smallest absolute Gasteiger partial charge is 0.231 e. The largest absolute Gasteiger partial charge is 0.507 e. The number of carbonyl (C=O) groups is 1. The van der Waals surface area contributed by atoms with Gasteiger partial charge in [0.1, 0.15) is 17.2 Å². The molecule has 0 atom stereocenters. The fourth-order valence-electron chi connectivity index (χ4n) is 3.99. The molecule has 0 aliphatic carbocycles. The first-order chi connectivity index (χ1) is 15.1. The summed E-state index contributed by atoms with van der Waals surface area (Å²) in [6.45, 7) is 7.64. The van der Waals surface area contributed by atoms with E-state index in [2.05, 4.69) is 16.7 Å². The van der Waals surface area contributed by atoms with Crippen LogP contribution in [0.3, 0.4) is 0 Å². The molecule has 0 unspecified atom stereocenters. The van der Waals surface area contributed by atoms with Crippen LogP contribution in [0.4, 0.5) is 0 Å². The molecule has 6 nitrogen and oxygen atoms in total. The third-order valence-electron chi connectivity index (χ3n) is 5.87. The highest BCUT2D eigenvalue weighted by molar-refractivity contribution is 6.12. The highest BCUT2D eigenvalue weighted by atomic mass is 16.5. The molecule has 2 aliphatic heterocycles. The number of rotatable bonds is 6. The van der Waals surface area contributed by atoms with Gasteiger partial charge < -0.3 is 19.5 Å². The van der Waals surface area contributed by atoms with Gasteiger partial charge in [-0.05, 0) is 30.8 Å². The topological polar surface area (TPSA) is 62.2 Å². The monoisotopic (exact) mass is 420 g/mol. The van der Waals surface area contributed by atoms with Crippen molar-refractivity contribution >= 4 is 11.9 Å². The number of likely N-dealkylation sites (N-methyl/N-ethyl adjacent to an activating group) is 1. The quantitative estimate of drug-likeness (QED) is 0.719. The van der Waals surface area contributed by atoms with Crippen molar-refractivity contribution in [3.8, 4) is 17.2 Å². The zero-order chi connectivity index (χ0) is 21.8. The lowest BCUT2D eigenvalue weighted by atomic mass is 10.0. The molecule has 1 saturated heterocycles. The van der Waals surface area contributed by atoms with Crippen molar-refractivity contribution in [2.45, 2.75) is 13.5 Å². The van der Waals surface area contributed by atoms with Crippen LogP contribution in [0, 0.1) is 0 Å². The maximum absolute atomic E-state index is 12.8. The van der Waals surface area contributed by atoms with Crippen molar-refractivity contribution in [2.75, 3.05) is 39.8 Å². The van der Waals surface area contributed by atoms with Gasteiger partial charge in [0.2, 0.25) is 5.78 Å². The number of ether oxygens (including phenoxy) is 2. The van der Waals surface area contributed by atoms with Crippen LogP contribution in [-0.2, 0) is 6.54 Å². The lowest BCUT2D eigenvalue weighted by molar-refractivity contribution is 0.101. The van der Waals surface area contributed by atoms with E-state index in [1.165, 1.54) is 0 Å². The summed E-state index contributed by atoms with van der Waals surface area (Å²) in [5.41, 5.74) is 2.08. The second-order valence-electron chi connectivity index (χ2n) is 7.71. The van der Waals surface area contributed by atoms with Gasteiger partial charge in [-0.1, -0.05) is 37.3 Å². The number of piperazine rings is 1. The molecule has 2 heterocycles. The van der Waals surface area contributed by atoms with E-state index >= 15 is 0 Å². The van der Waals surface area contributed by atoms with E-state index < -0.39 is 0 Å². The van der Waals surface area contributed by atoms with Crippen molar-refractivity contribution in [3.63, 3.8) is 0 Å². The summed E-state index contributed by atoms with van der Waals surface area (Å²) < 4.78 is 11.3. The van der Waals surface area contributed by atoms with Gasteiger partial charge in [0, 0.05) is 38.3 Å². The molecule has 0 radical (unpaired) electrons. The Hall–Kier alpha value is -3.09. The second-order valence-corrected chi connectivity index (χ2v) is 7.71. The molecule has 0 aromatic heterocycles. The first-order valence-corrected chi connectivity index (χ1v) is 10.6. The van der Waals surface area contributed by atoms with E-state index in [0.29, 0.717) is 23.4 Å². The van der Waals surface area contributed by atoms with Crippen LogP contribution in [0.2, 0.25) is 0 Å². The minimum absolute atomic E-state index is 0.162. The Kier molecular flexibility index (Phi) is 6.39. The van der Waals surface area contributed by atoms with E-state index in [1.807, 2.05) is 30.3 Å². The molecule has 0 saturated carbocycles. The van der Waals surface area contributed by atoms with Crippen LogP contribution < -0.4 is 9.47 Å². The van der Waals surface area contributed by atoms with Crippen LogP contribution in [0.5, 0.6) is 17.2 Å². The number of ketones is 1. The van der Waals surface area contributed by atoms with Gasteiger partial charge in [0.05, 0.1) is 18.2 Å². The molecular formula is C25H28N2O4. The van der Waals surface area contributed by atoms with E-state index in [-0.39, 0.29) is 17.3 Å². The van der Waals surface area contributed by atoms with Crippen LogP contribution >= 0.6 is 0 Å². The minimum atomic E-state index is -0.170. The first kappa shape index (κ1) is 21.2. The van der Waals surface area contributed by atoms with Gasteiger partial charge in [0.25, 0.3) is 0 Å². The van der Waals surface area contributed by atoms with Crippen LogP contribution in [-0.4, -0.2) is 60.5 Å². The first-order valence-electron chi connectivity index (χ1n) is 10.6. The molecule has 4 rings (SSSR count). The van der Waals surface area contributed by atoms with Crippen LogP contribution in [0.15, 0.2) is 54.3 Å². The highest BCUT2D eigenvalue weighted by Crippen LogP contribution is 2.39. The lowest BCUT2D eigenvalue weighted by Gasteiger charge is -2.34. The van der Waals surface area contributed by atoms with Crippen LogP contribution in [0.25, 0.3) is 6.08 Å². The van der Waals surface area contributed by atoms with E-state index in [1.54, 1.807) is 31.4 Å². The zero-order valence-electron chi connectivity index (χ0n) is 18.0. The Morgan fingerprint density at radius 1 is 1.10 bits per heavy atom. The number of methoxy groups -OCH3 is 1. The van der Waals surface area contributed by atoms with Gasteiger partial charge in [-0.25, -0.2) is 0 Å². The third kappa shape index (κ3) is 4.50. The average Bonchev–Trinajstić information content (AvgIpc) is 3.12. The fraction of sp³-hybridized carbons (Fsp3) is 0.320. The van der Waals surface area contributed by atoms with Crippen molar-refractivity contribution in [1.29, 1.82) is 0 Å². The Morgan fingerprint density at radius 2 is 1.84 bits per heavy atom. The SMILES string of the molecule is CCN1CCN(Cc2c(O)ccc3c2O/C(=C/C=C/c2ccccc2OC)C3=O)CC1. The number of allylic oxidation sites excluding steroid dienone is 3. The Balaban J connectivity index is 1.52. The molecular weight excluding hydrogens is 392 g/mol. The number of phenols is 1. The summed E-state index contributed by atoms with van der Waals surface area (Å²) in [5.74, 6) is 1.48. The van der Waals surface area contributed by atoms with Crippen LogP contribution in [0.1, 0.15) is 28.4 Å². The second kappa shape index (κ2) is 9.37. The molecule has 162 valence electrons. The molecule has 31 heavy (non-hydrogen) atoms. The number of benzene rings is 2. The number of nitrogens with zero attached hydrogens (tertiary/aromatic N) is 2. The molecule has 1 N–H and O–H groups in total. The number of carbonyl (C=O) groups excluding carboxylic acids is 1.